The lowest BCUT2D eigenvalue weighted by Crippen LogP contribution is -2.53. The van der Waals surface area contributed by atoms with E-state index >= 15 is 0 Å². The van der Waals surface area contributed by atoms with Crippen LogP contribution < -0.4 is 11.2 Å². The molecule has 0 bridgehead atoms. The smallest absolute Gasteiger partial charge is 0.330 e. The molecule has 1 aromatic heterocycles. The first-order valence-electron chi connectivity index (χ1n) is 9.47. The van der Waals surface area contributed by atoms with E-state index in [1.807, 2.05) is 0 Å². The van der Waals surface area contributed by atoms with Gasteiger partial charge < -0.3 is 23.7 Å². The van der Waals surface area contributed by atoms with Crippen LogP contribution in [0.2, 0.25) is 0 Å². The monoisotopic (exact) mass is 456 g/mol. The number of H-pyrrole nitrogens is 1. The fraction of sp³-hybridized carbons (Fsp3) is 0.579. The van der Waals surface area contributed by atoms with Gasteiger partial charge in [-0.3, -0.25) is 33.5 Å². The van der Waals surface area contributed by atoms with Crippen LogP contribution in [0.4, 0.5) is 0 Å². The van der Waals surface area contributed by atoms with E-state index in [0.29, 0.717) is 0 Å². The summed E-state index contributed by atoms with van der Waals surface area (Å²) in [4.78, 5) is 73.0. The molecular formula is C19H24N2O11. The zero-order valence-corrected chi connectivity index (χ0v) is 18.2. The Bertz CT molecular complexity index is 1010. The van der Waals surface area contributed by atoms with Crippen molar-refractivity contribution in [1.82, 2.24) is 9.55 Å². The SMILES string of the molecule is CC(=O)OCC1(COC(C)=O)O[C@@H](n2cc(C)c(=O)[nH]c2=O)[C@H](OC(C)=O)[C@H]1OC(C)=O. The van der Waals surface area contributed by atoms with E-state index in [1.165, 1.54) is 13.1 Å². The van der Waals surface area contributed by atoms with Crippen molar-refractivity contribution in [3.05, 3.63) is 32.6 Å². The minimum atomic E-state index is -1.84. The molecule has 1 aliphatic heterocycles. The summed E-state index contributed by atoms with van der Waals surface area (Å²) in [6, 6.07) is 0. The van der Waals surface area contributed by atoms with Gasteiger partial charge in [0.1, 0.15) is 13.2 Å². The molecule has 3 atom stereocenters. The zero-order valence-electron chi connectivity index (χ0n) is 18.2. The van der Waals surface area contributed by atoms with Gasteiger partial charge in [-0.2, -0.15) is 0 Å². The van der Waals surface area contributed by atoms with Gasteiger partial charge >= 0.3 is 29.6 Å². The molecule has 0 spiro atoms. The maximum absolute atomic E-state index is 12.5. The van der Waals surface area contributed by atoms with E-state index in [0.717, 1.165) is 32.3 Å². The number of hydrogen-bond donors (Lipinski definition) is 1. The predicted octanol–water partition coefficient (Wildman–Crippen LogP) is -0.898. The van der Waals surface area contributed by atoms with Crippen LogP contribution in [0.3, 0.4) is 0 Å². The topological polar surface area (TPSA) is 169 Å². The van der Waals surface area contributed by atoms with E-state index in [4.69, 9.17) is 23.7 Å². The predicted molar refractivity (Wildman–Crippen MR) is 103 cm³/mol. The third-order valence-electron chi connectivity index (χ3n) is 4.51. The average molecular weight is 456 g/mol. The summed E-state index contributed by atoms with van der Waals surface area (Å²) in [5.74, 6) is -3.05. The van der Waals surface area contributed by atoms with Gasteiger partial charge in [0.2, 0.25) is 0 Å². The highest BCUT2D eigenvalue weighted by atomic mass is 16.7. The summed E-state index contributed by atoms with van der Waals surface area (Å²) in [6.07, 6.45) is -3.14. The Hall–Kier alpha value is -3.48. The van der Waals surface area contributed by atoms with Crippen LogP contribution in [0, 0.1) is 6.92 Å². The van der Waals surface area contributed by atoms with E-state index in [9.17, 15) is 28.8 Å². The summed E-state index contributed by atoms with van der Waals surface area (Å²) in [5.41, 5.74) is -3.25. The van der Waals surface area contributed by atoms with Crippen LogP contribution in [0.1, 0.15) is 39.5 Å². The first-order chi connectivity index (χ1) is 14.9. The molecule has 0 aliphatic carbocycles. The lowest BCUT2D eigenvalue weighted by Gasteiger charge is -2.32. The van der Waals surface area contributed by atoms with Crippen molar-refractivity contribution in [2.75, 3.05) is 13.2 Å². The maximum Gasteiger partial charge on any atom is 0.330 e. The highest BCUT2D eigenvalue weighted by molar-refractivity contribution is 5.68. The number of esters is 4. The van der Waals surface area contributed by atoms with Crippen molar-refractivity contribution >= 4 is 23.9 Å². The Morgan fingerprint density at radius 2 is 1.50 bits per heavy atom. The molecule has 0 radical (unpaired) electrons. The van der Waals surface area contributed by atoms with Gasteiger partial charge in [-0.05, 0) is 6.92 Å². The van der Waals surface area contributed by atoms with Crippen LogP contribution in [-0.4, -0.2) is 64.5 Å². The molecule has 1 fully saturated rings. The van der Waals surface area contributed by atoms with Crippen molar-refractivity contribution in [3.63, 3.8) is 0 Å². The van der Waals surface area contributed by atoms with Crippen molar-refractivity contribution in [3.8, 4) is 0 Å². The molecule has 176 valence electrons. The van der Waals surface area contributed by atoms with E-state index < -0.39 is 72.4 Å². The Morgan fingerprint density at radius 1 is 0.969 bits per heavy atom. The molecule has 13 nitrogen and oxygen atoms in total. The van der Waals surface area contributed by atoms with Gasteiger partial charge in [0.25, 0.3) is 5.56 Å². The quantitative estimate of drug-likeness (QED) is 0.398. The van der Waals surface area contributed by atoms with E-state index in [1.54, 1.807) is 0 Å². The molecule has 1 aliphatic rings. The van der Waals surface area contributed by atoms with Gasteiger partial charge in [0.15, 0.2) is 24.0 Å². The molecule has 1 aromatic rings. The number of carbonyl (C=O) groups excluding carboxylic acids is 4. The first kappa shape index (κ1) is 24.8. The van der Waals surface area contributed by atoms with Crippen molar-refractivity contribution in [2.24, 2.45) is 0 Å². The summed E-state index contributed by atoms with van der Waals surface area (Å²) < 4.78 is 27.7. The number of ether oxygens (including phenoxy) is 5. The number of hydrogen-bond acceptors (Lipinski definition) is 11. The zero-order chi connectivity index (χ0) is 24.2. The van der Waals surface area contributed by atoms with E-state index in [2.05, 4.69) is 4.98 Å². The van der Waals surface area contributed by atoms with Gasteiger partial charge in [-0.15, -0.1) is 0 Å². The van der Waals surface area contributed by atoms with Crippen molar-refractivity contribution in [1.29, 1.82) is 0 Å². The largest absolute Gasteiger partial charge is 0.462 e. The van der Waals surface area contributed by atoms with Crippen LogP contribution in [0.15, 0.2) is 15.8 Å². The Balaban J connectivity index is 2.68. The van der Waals surface area contributed by atoms with Gasteiger partial charge in [0, 0.05) is 39.5 Å². The molecule has 0 aromatic carbocycles. The standard InChI is InChI=1S/C19H24N2O11/c1-9-6-21(18(27)20-16(9)26)17-14(30-12(4)24)15(31-13(5)25)19(32-17,7-28-10(2)22)8-29-11(3)23/h6,14-15,17H,7-8H2,1-5H3,(H,20,26,27)/t14-,15-,17-/m1/s1. The van der Waals surface area contributed by atoms with Gasteiger partial charge in [-0.25, -0.2) is 4.79 Å². The fourth-order valence-corrected chi connectivity index (χ4v) is 3.20. The molecule has 0 saturated carbocycles. The van der Waals surface area contributed by atoms with Crippen LogP contribution in [-0.2, 0) is 42.9 Å². The third-order valence-corrected chi connectivity index (χ3v) is 4.51. The Labute approximate surface area is 181 Å². The summed E-state index contributed by atoms with van der Waals surface area (Å²) in [7, 11) is 0. The maximum atomic E-state index is 12.5. The lowest BCUT2D eigenvalue weighted by atomic mass is 9.96. The van der Waals surface area contributed by atoms with Crippen LogP contribution >= 0.6 is 0 Å². The second kappa shape index (κ2) is 9.77. The molecule has 1 N–H and O–H groups in total. The summed E-state index contributed by atoms with van der Waals surface area (Å²) in [6.45, 7) is 4.69. The summed E-state index contributed by atoms with van der Waals surface area (Å²) in [5, 5.41) is 0. The molecule has 2 rings (SSSR count). The number of aromatic amines is 1. The lowest BCUT2D eigenvalue weighted by molar-refractivity contribution is -0.192. The van der Waals surface area contributed by atoms with E-state index in [-0.39, 0.29) is 5.56 Å². The molecule has 2 heterocycles. The Morgan fingerprint density at radius 3 is 1.97 bits per heavy atom. The number of aryl methyl sites for hydroxylation is 1. The number of carbonyl (C=O) groups is 4. The minimum Gasteiger partial charge on any atom is -0.462 e. The molecule has 0 unspecified atom stereocenters. The number of nitrogens with zero attached hydrogens (tertiary/aromatic N) is 1. The molecule has 1 saturated heterocycles. The Kier molecular flexibility index (Phi) is 7.56. The highest BCUT2D eigenvalue weighted by Crippen LogP contribution is 2.41. The fourth-order valence-electron chi connectivity index (χ4n) is 3.20. The molecule has 13 heteroatoms. The van der Waals surface area contributed by atoms with Crippen molar-refractivity contribution < 1.29 is 42.9 Å². The number of nitrogens with one attached hydrogen (secondary N) is 1. The molecule has 0 amide bonds. The van der Waals surface area contributed by atoms with Crippen LogP contribution in [0.25, 0.3) is 0 Å². The third kappa shape index (κ3) is 5.60. The summed E-state index contributed by atoms with van der Waals surface area (Å²) >= 11 is 0. The number of aromatic nitrogens is 2. The van der Waals surface area contributed by atoms with Crippen LogP contribution in [0.5, 0.6) is 0 Å². The number of rotatable bonds is 7. The second-order valence-corrected chi connectivity index (χ2v) is 7.22. The molecular weight excluding hydrogens is 432 g/mol. The van der Waals surface area contributed by atoms with Gasteiger partial charge in [0.05, 0.1) is 0 Å². The minimum absolute atomic E-state index is 0.135. The molecule has 32 heavy (non-hydrogen) atoms. The van der Waals surface area contributed by atoms with Crippen molar-refractivity contribution in [2.45, 2.75) is 58.7 Å². The van der Waals surface area contributed by atoms with Gasteiger partial charge in [-0.1, -0.05) is 0 Å². The highest BCUT2D eigenvalue weighted by Gasteiger charge is 2.61. The average Bonchev–Trinajstić information content (AvgIpc) is 2.94. The normalized spacial score (nSPS) is 21.5. The second-order valence-electron chi connectivity index (χ2n) is 7.22. The first-order valence-corrected chi connectivity index (χ1v) is 9.47.